The van der Waals surface area contributed by atoms with Crippen LogP contribution < -0.4 is 5.73 Å². The van der Waals surface area contributed by atoms with Gasteiger partial charge in [0.2, 0.25) is 0 Å². The van der Waals surface area contributed by atoms with Crippen LogP contribution in [0, 0.1) is 17.3 Å². The second-order valence-corrected chi connectivity index (χ2v) is 5.63. The summed E-state index contributed by atoms with van der Waals surface area (Å²) in [4.78, 5) is 0.738. The summed E-state index contributed by atoms with van der Waals surface area (Å²) < 4.78 is 1.04. The van der Waals surface area contributed by atoms with Gasteiger partial charge in [-0.25, -0.2) is 0 Å². The molecule has 0 spiro atoms. The summed E-state index contributed by atoms with van der Waals surface area (Å²) in [6, 6.07) is 7.66. The van der Waals surface area contributed by atoms with Crippen molar-refractivity contribution >= 4 is 39.7 Å². The topological polar surface area (TPSA) is 70.1 Å². The van der Waals surface area contributed by atoms with E-state index in [9.17, 15) is 5.11 Å². The van der Waals surface area contributed by atoms with E-state index in [1.807, 2.05) is 24.3 Å². The number of thiophene rings is 1. The second kappa shape index (κ2) is 5.62. The maximum Gasteiger partial charge on any atom is 0.133 e. The summed E-state index contributed by atoms with van der Waals surface area (Å²) in [5.74, 6) is 5.84. The Balaban J connectivity index is 0.00000180. The van der Waals surface area contributed by atoms with Crippen molar-refractivity contribution in [3.8, 4) is 11.8 Å². The van der Waals surface area contributed by atoms with Gasteiger partial charge in [-0.1, -0.05) is 17.9 Å². The minimum atomic E-state index is -1.01. The molecule has 0 amide bonds. The molecule has 0 unspecified atom stereocenters. The van der Waals surface area contributed by atoms with E-state index in [2.05, 4.69) is 11.8 Å². The maximum atomic E-state index is 9.62. The third-order valence-electron chi connectivity index (χ3n) is 2.33. The SMILES string of the molecule is CC(C)(O)C#Cc1cccc2sc(C(=N)N)cc12.Cl. The summed E-state index contributed by atoms with van der Waals surface area (Å²) >= 11 is 1.47. The molecule has 19 heavy (non-hydrogen) atoms. The zero-order valence-corrected chi connectivity index (χ0v) is 12.3. The number of rotatable bonds is 1. The molecule has 0 saturated carbocycles. The lowest BCUT2D eigenvalue weighted by molar-refractivity contribution is 0.143. The maximum absolute atomic E-state index is 9.62. The molecule has 1 aromatic heterocycles. The number of nitrogen functional groups attached to an aromatic ring is 1. The van der Waals surface area contributed by atoms with E-state index < -0.39 is 5.60 Å². The Bertz CT molecular complexity index is 674. The van der Waals surface area contributed by atoms with Gasteiger partial charge < -0.3 is 10.8 Å². The molecule has 100 valence electrons. The van der Waals surface area contributed by atoms with E-state index in [-0.39, 0.29) is 18.2 Å². The average Bonchev–Trinajstić information content (AvgIpc) is 2.69. The molecule has 1 heterocycles. The number of benzene rings is 1. The largest absolute Gasteiger partial charge is 0.383 e. The third kappa shape index (κ3) is 3.71. The van der Waals surface area contributed by atoms with Gasteiger partial charge in [-0.15, -0.1) is 23.7 Å². The van der Waals surface area contributed by atoms with Crippen molar-refractivity contribution < 1.29 is 5.11 Å². The monoisotopic (exact) mass is 294 g/mol. The Hall–Kier alpha value is -1.54. The van der Waals surface area contributed by atoms with E-state index in [0.717, 1.165) is 20.5 Å². The van der Waals surface area contributed by atoms with Crippen LogP contribution in [-0.4, -0.2) is 16.5 Å². The first-order valence-electron chi connectivity index (χ1n) is 5.49. The third-order valence-corrected chi connectivity index (χ3v) is 3.46. The van der Waals surface area contributed by atoms with Crippen molar-refractivity contribution in [2.75, 3.05) is 0 Å². The minimum absolute atomic E-state index is 0. The first-order chi connectivity index (χ1) is 8.37. The molecule has 0 radical (unpaired) electrons. The zero-order chi connectivity index (χ0) is 13.3. The first kappa shape index (κ1) is 15.5. The van der Waals surface area contributed by atoms with Crippen molar-refractivity contribution in [2.24, 2.45) is 5.73 Å². The summed E-state index contributed by atoms with van der Waals surface area (Å²) in [7, 11) is 0. The summed E-state index contributed by atoms with van der Waals surface area (Å²) in [5.41, 5.74) is 5.32. The Morgan fingerprint density at radius 2 is 2.11 bits per heavy atom. The Morgan fingerprint density at radius 1 is 1.42 bits per heavy atom. The minimum Gasteiger partial charge on any atom is -0.383 e. The Labute approximate surface area is 122 Å². The lowest BCUT2D eigenvalue weighted by Gasteiger charge is -2.06. The van der Waals surface area contributed by atoms with Crippen LogP contribution in [0.3, 0.4) is 0 Å². The fourth-order valence-electron chi connectivity index (χ4n) is 1.52. The van der Waals surface area contributed by atoms with Crippen LogP contribution in [0.4, 0.5) is 0 Å². The number of amidine groups is 1. The highest BCUT2D eigenvalue weighted by Gasteiger charge is 2.09. The molecular formula is C14H15ClN2OS. The van der Waals surface area contributed by atoms with Crippen molar-refractivity contribution in [3.63, 3.8) is 0 Å². The Kier molecular flexibility index (Phi) is 4.59. The highest BCUT2D eigenvalue weighted by atomic mass is 35.5. The molecule has 0 saturated heterocycles. The number of fused-ring (bicyclic) bond motifs is 1. The molecule has 0 fully saturated rings. The van der Waals surface area contributed by atoms with Crippen molar-refractivity contribution in [3.05, 3.63) is 34.7 Å². The van der Waals surface area contributed by atoms with E-state index in [4.69, 9.17) is 11.1 Å². The molecule has 5 heteroatoms. The van der Waals surface area contributed by atoms with Crippen LogP contribution in [0.2, 0.25) is 0 Å². The normalized spacial score (nSPS) is 10.5. The average molecular weight is 295 g/mol. The molecule has 1 aromatic carbocycles. The van der Waals surface area contributed by atoms with Crippen LogP contribution >= 0.6 is 23.7 Å². The van der Waals surface area contributed by atoms with Gasteiger partial charge in [0.15, 0.2) is 0 Å². The molecule has 2 aromatic rings. The number of nitrogens with two attached hydrogens (primary N) is 1. The van der Waals surface area contributed by atoms with E-state index in [1.165, 1.54) is 11.3 Å². The molecular weight excluding hydrogens is 280 g/mol. The zero-order valence-electron chi connectivity index (χ0n) is 10.7. The van der Waals surface area contributed by atoms with Crippen molar-refractivity contribution in [1.82, 2.24) is 0 Å². The van der Waals surface area contributed by atoms with Gasteiger partial charge >= 0.3 is 0 Å². The lowest BCUT2D eigenvalue weighted by atomic mass is 10.1. The molecule has 0 bridgehead atoms. The number of halogens is 1. The van der Waals surface area contributed by atoms with Crippen LogP contribution in [0.5, 0.6) is 0 Å². The van der Waals surface area contributed by atoms with Gasteiger partial charge in [0.25, 0.3) is 0 Å². The number of hydrogen-bond acceptors (Lipinski definition) is 3. The highest BCUT2D eigenvalue weighted by Crippen LogP contribution is 2.27. The predicted octanol–water partition coefficient (Wildman–Crippen LogP) is 2.73. The van der Waals surface area contributed by atoms with Gasteiger partial charge in [-0.05, 0) is 32.0 Å². The highest BCUT2D eigenvalue weighted by molar-refractivity contribution is 7.20. The molecule has 0 aliphatic carbocycles. The van der Waals surface area contributed by atoms with Gasteiger partial charge in [0, 0.05) is 15.6 Å². The van der Waals surface area contributed by atoms with Gasteiger partial charge in [-0.2, -0.15) is 0 Å². The van der Waals surface area contributed by atoms with Crippen LogP contribution in [-0.2, 0) is 0 Å². The lowest BCUT2D eigenvalue weighted by Crippen LogP contribution is -2.14. The molecule has 0 atom stereocenters. The second-order valence-electron chi connectivity index (χ2n) is 4.55. The van der Waals surface area contributed by atoms with Crippen LogP contribution in [0.15, 0.2) is 24.3 Å². The Morgan fingerprint density at radius 3 is 2.68 bits per heavy atom. The summed E-state index contributed by atoms with van der Waals surface area (Å²) in [5, 5.41) is 18.0. The number of aliphatic hydroxyl groups is 1. The molecule has 0 aliphatic heterocycles. The smallest absolute Gasteiger partial charge is 0.133 e. The van der Waals surface area contributed by atoms with Crippen molar-refractivity contribution in [2.45, 2.75) is 19.4 Å². The van der Waals surface area contributed by atoms with Gasteiger partial charge in [-0.3, -0.25) is 5.41 Å². The number of hydrogen-bond donors (Lipinski definition) is 3. The van der Waals surface area contributed by atoms with Crippen LogP contribution in [0.1, 0.15) is 24.3 Å². The van der Waals surface area contributed by atoms with Crippen LogP contribution in [0.25, 0.3) is 10.1 Å². The van der Waals surface area contributed by atoms with E-state index in [1.54, 1.807) is 13.8 Å². The quantitative estimate of drug-likeness (QED) is 0.430. The first-order valence-corrected chi connectivity index (χ1v) is 6.31. The summed E-state index contributed by atoms with van der Waals surface area (Å²) in [6.07, 6.45) is 0. The molecule has 3 nitrogen and oxygen atoms in total. The molecule has 4 N–H and O–H groups in total. The van der Waals surface area contributed by atoms with E-state index >= 15 is 0 Å². The van der Waals surface area contributed by atoms with E-state index in [0.29, 0.717) is 0 Å². The summed E-state index contributed by atoms with van der Waals surface area (Å²) in [6.45, 7) is 3.30. The molecule has 0 aliphatic rings. The fraction of sp³-hybridized carbons (Fsp3) is 0.214. The standard InChI is InChI=1S/C14H14N2OS.ClH/c1-14(2,17)7-6-9-4-3-5-11-10(9)8-12(18-11)13(15)16;/h3-5,8,17H,1-2H3,(H3,15,16);1H. The van der Waals surface area contributed by atoms with Gasteiger partial charge in [0.1, 0.15) is 11.4 Å². The molecule has 2 rings (SSSR count). The fourth-order valence-corrected chi connectivity index (χ4v) is 2.47. The van der Waals surface area contributed by atoms with Gasteiger partial charge in [0.05, 0.1) is 4.88 Å². The number of nitrogens with one attached hydrogen (secondary N) is 1. The predicted molar refractivity (Wildman–Crippen MR) is 83.3 cm³/mol. The van der Waals surface area contributed by atoms with Crippen molar-refractivity contribution in [1.29, 1.82) is 5.41 Å².